The van der Waals surface area contributed by atoms with E-state index in [2.05, 4.69) is 58.7 Å². The Morgan fingerprint density at radius 1 is 1.12 bits per heavy atom. The van der Waals surface area contributed by atoms with Crippen molar-refractivity contribution in [3.63, 3.8) is 0 Å². The van der Waals surface area contributed by atoms with Gasteiger partial charge in [0, 0.05) is 0 Å². The second kappa shape index (κ2) is 6.71. The number of nitrogens with one attached hydrogen (secondary N) is 1. The zero-order valence-corrected chi connectivity index (χ0v) is 15.0. The van der Waals surface area contributed by atoms with Gasteiger partial charge in [0.1, 0.15) is 5.75 Å². The van der Waals surface area contributed by atoms with E-state index in [-0.39, 0.29) is 18.0 Å². The number of nitrogens with zero attached hydrogens (tertiary/aromatic N) is 3. The molecule has 6 heteroatoms. The number of aryl methyl sites for hydroxylation is 1. The third kappa shape index (κ3) is 3.10. The number of nitrogens with two attached hydrogens (primary N) is 1. The Morgan fingerprint density at radius 3 is 2.50 bits per heavy atom. The van der Waals surface area contributed by atoms with E-state index < -0.39 is 0 Å². The molecule has 0 unspecified atom stereocenters. The van der Waals surface area contributed by atoms with E-state index in [1.54, 1.807) is 0 Å². The van der Waals surface area contributed by atoms with Gasteiger partial charge in [0.05, 0.1) is 18.7 Å². The predicted molar refractivity (Wildman–Crippen MR) is 102 cm³/mol. The lowest BCUT2D eigenvalue weighted by molar-refractivity contribution is 0.340. The fourth-order valence-electron chi connectivity index (χ4n) is 3.44. The second-order valence-corrected chi connectivity index (χ2v) is 6.60. The first-order valence-corrected chi connectivity index (χ1v) is 8.92. The minimum atomic E-state index is 0.0676. The van der Waals surface area contributed by atoms with E-state index >= 15 is 0 Å². The molecule has 1 aliphatic heterocycles. The second-order valence-electron chi connectivity index (χ2n) is 6.60. The Balaban J connectivity index is 1.69. The van der Waals surface area contributed by atoms with Gasteiger partial charge in [-0.1, -0.05) is 42.0 Å². The van der Waals surface area contributed by atoms with Crippen LogP contribution in [0.1, 0.15) is 42.1 Å². The molecule has 2 heterocycles. The molecular weight excluding hydrogens is 326 g/mol. The number of benzene rings is 2. The highest BCUT2D eigenvalue weighted by Crippen LogP contribution is 2.38. The van der Waals surface area contributed by atoms with Crippen LogP contribution in [-0.4, -0.2) is 21.4 Å². The van der Waals surface area contributed by atoms with Crippen molar-refractivity contribution in [2.45, 2.75) is 32.4 Å². The molecule has 0 bridgehead atoms. The maximum Gasteiger partial charge on any atom is 0.241 e. The van der Waals surface area contributed by atoms with Crippen LogP contribution in [-0.2, 0) is 0 Å². The first-order chi connectivity index (χ1) is 12.6. The van der Waals surface area contributed by atoms with Gasteiger partial charge in [-0.15, -0.1) is 5.10 Å². The van der Waals surface area contributed by atoms with E-state index in [1.165, 1.54) is 16.7 Å². The summed E-state index contributed by atoms with van der Waals surface area (Å²) >= 11 is 0. The summed E-state index contributed by atoms with van der Waals surface area (Å²) in [7, 11) is 0. The zero-order valence-electron chi connectivity index (χ0n) is 15.0. The van der Waals surface area contributed by atoms with Gasteiger partial charge in [0.15, 0.2) is 0 Å². The maximum atomic E-state index is 5.86. The first-order valence-electron chi connectivity index (χ1n) is 8.92. The molecule has 0 fully saturated rings. The summed E-state index contributed by atoms with van der Waals surface area (Å²) in [5.41, 5.74) is 9.51. The summed E-state index contributed by atoms with van der Waals surface area (Å²) in [5, 5.41) is 7.87. The summed E-state index contributed by atoms with van der Waals surface area (Å²) in [6.07, 6.45) is 0.868. The summed E-state index contributed by atoms with van der Waals surface area (Å²) in [6.45, 7) is 4.74. The lowest BCUT2D eigenvalue weighted by Crippen LogP contribution is -2.28. The highest BCUT2D eigenvalue weighted by Gasteiger charge is 2.30. The van der Waals surface area contributed by atoms with Gasteiger partial charge >= 0.3 is 0 Å². The van der Waals surface area contributed by atoms with Gasteiger partial charge in [-0.05, 0) is 43.5 Å². The Bertz CT molecular complexity index is 886. The van der Waals surface area contributed by atoms with E-state index in [9.17, 15) is 0 Å². The molecule has 0 spiro atoms. The number of hydrogen-bond donors (Lipinski definition) is 2. The first kappa shape index (κ1) is 16.4. The number of anilines is 2. The van der Waals surface area contributed by atoms with Gasteiger partial charge in [0.2, 0.25) is 11.9 Å². The average Bonchev–Trinajstić information content (AvgIpc) is 3.02. The molecule has 1 aromatic heterocycles. The minimum Gasteiger partial charge on any atom is -0.494 e. The summed E-state index contributed by atoms with van der Waals surface area (Å²) in [6, 6.07) is 17.0. The van der Waals surface area contributed by atoms with Crippen molar-refractivity contribution in [3.8, 4) is 5.75 Å². The van der Waals surface area contributed by atoms with Crippen molar-refractivity contribution < 1.29 is 4.74 Å². The normalized spacial score (nSPS) is 18.8. The molecule has 0 saturated carbocycles. The van der Waals surface area contributed by atoms with Gasteiger partial charge in [-0.2, -0.15) is 4.98 Å². The van der Waals surface area contributed by atoms with Gasteiger partial charge < -0.3 is 15.8 Å². The van der Waals surface area contributed by atoms with Crippen LogP contribution in [0.3, 0.4) is 0 Å². The molecule has 2 aromatic carbocycles. The van der Waals surface area contributed by atoms with E-state index in [1.807, 2.05) is 23.7 Å². The van der Waals surface area contributed by atoms with Crippen LogP contribution < -0.4 is 15.8 Å². The van der Waals surface area contributed by atoms with E-state index in [0.717, 1.165) is 12.2 Å². The predicted octanol–water partition coefficient (Wildman–Crippen LogP) is 3.71. The summed E-state index contributed by atoms with van der Waals surface area (Å²) < 4.78 is 7.44. The summed E-state index contributed by atoms with van der Waals surface area (Å²) in [4.78, 5) is 4.36. The highest BCUT2D eigenvalue weighted by molar-refractivity contribution is 5.42. The smallest absolute Gasteiger partial charge is 0.241 e. The van der Waals surface area contributed by atoms with Crippen LogP contribution >= 0.6 is 0 Å². The maximum absolute atomic E-state index is 5.86. The molecule has 3 N–H and O–H groups in total. The molecule has 4 rings (SSSR count). The molecule has 0 aliphatic carbocycles. The third-order valence-electron chi connectivity index (χ3n) is 4.76. The molecule has 0 amide bonds. The fraction of sp³-hybridized carbons (Fsp3) is 0.300. The monoisotopic (exact) mass is 349 g/mol. The standard InChI is InChI=1S/C20H23N5O/c1-3-26-16-10-8-15(9-11-16)18-12-17(14-6-4-13(2)5-7-14)22-20-23-19(21)24-25(18)20/h4-11,17-18H,3,12H2,1-2H3,(H3,21,22,23,24)/t17-,18+/m0/s1. The third-order valence-corrected chi connectivity index (χ3v) is 4.76. The van der Waals surface area contributed by atoms with Crippen molar-refractivity contribution in [1.82, 2.24) is 14.8 Å². The van der Waals surface area contributed by atoms with Crippen LogP contribution in [0.2, 0.25) is 0 Å². The Hall–Kier alpha value is -3.02. The molecule has 1 aliphatic rings. The van der Waals surface area contributed by atoms with Gasteiger partial charge in [-0.25, -0.2) is 4.68 Å². The van der Waals surface area contributed by atoms with E-state index in [0.29, 0.717) is 12.6 Å². The van der Waals surface area contributed by atoms with Crippen molar-refractivity contribution >= 4 is 11.9 Å². The van der Waals surface area contributed by atoms with Crippen molar-refractivity contribution in [3.05, 3.63) is 65.2 Å². The lowest BCUT2D eigenvalue weighted by atomic mass is 9.93. The fourth-order valence-corrected chi connectivity index (χ4v) is 3.44. The average molecular weight is 349 g/mol. The topological polar surface area (TPSA) is 78.0 Å². The SMILES string of the molecule is CCOc1ccc([C@H]2C[C@@H](c3ccc(C)cc3)Nc3nc(N)nn32)cc1. The lowest BCUT2D eigenvalue weighted by Gasteiger charge is -2.31. The van der Waals surface area contributed by atoms with Crippen molar-refractivity contribution in [2.24, 2.45) is 0 Å². The van der Waals surface area contributed by atoms with Crippen molar-refractivity contribution in [1.29, 1.82) is 0 Å². The van der Waals surface area contributed by atoms with Gasteiger partial charge in [0.25, 0.3) is 0 Å². The number of ether oxygens (including phenoxy) is 1. The molecule has 134 valence electrons. The number of nitrogen functional groups attached to an aromatic ring is 1. The minimum absolute atomic E-state index is 0.0676. The molecular formula is C20H23N5O. The summed E-state index contributed by atoms with van der Waals surface area (Å²) in [5.74, 6) is 1.87. The zero-order chi connectivity index (χ0) is 18.1. The largest absolute Gasteiger partial charge is 0.494 e. The number of hydrogen-bond acceptors (Lipinski definition) is 5. The number of aromatic nitrogens is 3. The van der Waals surface area contributed by atoms with Crippen LogP contribution in [0.4, 0.5) is 11.9 Å². The van der Waals surface area contributed by atoms with Crippen LogP contribution in [0.15, 0.2) is 48.5 Å². The van der Waals surface area contributed by atoms with E-state index in [4.69, 9.17) is 10.5 Å². The Kier molecular flexibility index (Phi) is 4.24. The van der Waals surface area contributed by atoms with Crippen LogP contribution in [0.5, 0.6) is 5.75 Å². The Morgan fingerprint density at radius 2 is 1.81 bits per heavy atom. The quantitative estimate of drug-likeness (QED) is 0.751. The van der Waals surface area contributed by atoms with Gasteiger partial charge in [-0.3, -0.25) is 0 Å². The molecule has 2 atom stereocenters. The van der Waals surface area contributed by atoms with Crippen LogP contribution in [0, 0.1) is 6.92 Å². The van der Waals surface area contributed by atoms with Crippen LogP contribution in [0.25, 0.3) is 0 Å². The molecule has 0 radical (unpaired) electrons. The highest BCUT2D eigenvalue weighted by atomic mass is 16.5. The molecule has 0 saturated heterocycles. The molecule has 6 nitrogen and oxygen atoms in total. The number of rotatable bonds is 4. The molecule has 26 heavy (non-hydrogen) atoms. The van der Waals surface area contributed by atoms with Crippen molar-refractivity contribution in [2.75, 3.05) is 17.7 Å². The Labute approximate surface area is 153 Å². The molecule has 3 aromatic rings. The number of fused-ring (bicyclic) bond motifs is 1.